The Hall–Kier alpha value is -1.43. The highest BCUT2D eigenvalue weighted by molar-refractivity contribution is 6.42. The number of hydrogen-bond donors (Lipinski definition) is 1. The second-order valence-corrected chi connectivity index (χ2v) is 5.04. The number of hydrogen-bond acceptors (Lipinski definition) is 5. The van der Waals surface area contributed by atoms with Crippen LogP contribution < -0.4 is 5.32 Å². The Kier molecular flexibility index (Phi) is 6.33. The molecule has 0 fully saturated rings. The average Bonchev–Trinajstić information content (AvgIpc) is 2.46. The molecule has 0 spiro atoms. The van der Waals surface area contributed by atoms with Crippen molar-refractivity contribution in [3.8, 4) is 0 Å². The zero-order chi connectivity index (χ0) is 16.2. The third-order valence-corrected chi connectivity index (χ3v) is 3.69. The second-order valence-electron chi connectivity index (χ2n) is 3.85. The summed E-state index contributed by atoms with van der Waals surface area (Å²) in [7, 11) is 2.35. The fourth-order valence-electron chi connectivity index (χ4n) is 1.37. The molecule has 0 atom stereocenters. The molecule has 0 saturated heterocycles. The zero-order valence-corrected chi connectivity index (χ0v) is 13.7. The normalized spacial score (nSPS) is 11.0. The third kappa shape index (κ3) is 4.27. The van der Waals surface area contributed by atoms with Crippen LogP contribution in [0.15, 0.2) is 17.8 Å². The number of carbonyl (C=O) groups is 2. The van der Waals surface area contributed by atoms with E-state index < -0.39 is 11.9 Å². The van der Waals surface area contributed by atoms with E-state index in [1.54, 1.807) is 6.92 Å². The minimum Gasteiger partial charge on any atom is -0.466 e. The maximum Gasteiger partial charge on any atom is 0.354 e. The number of anilines is 1. The lowest BCUT2D eigenvalue weighted by molar-refractivity contribution is -0.138. The van der Waals surface area contributed by atoms with Gasteiger partial charge in [0.05, 0.1) is 36.0 Å². The molecule has 0 aliphatic rings. The first-order valence-corrected chi connectivity index (χ1v) is 6.74. The molecule has 0 amide bonds. The number of carbonyl (C=O) groups excluding carboxylic acids is 2. The van der Waals surface area contributed by atoms with Crippen LogP contribution in [0.4, 0.5) is 5.69 Å². The molecule has 1 aromatic carbocycles. The van der Waals surface area contributed by atoms with E-state index >= 15 is 0 Å². The molecule has 21 heavy (non-hydrogen) atoms. The minimum atomic E-state index is -0.778. The minimum absolute atomic E-state index is 0.171. The van der Waals surface area contributed by atoms with E-state index in [0.29, 0.717) is 10.6 Å². The monoisotopic (exact) mass is 351 g/mol. The van der Waals surface area contributed by atoms with Gasteiger partial charge < -0.3 is 14.8 Å². The van der Waals surface area contributed by atoms with Gasteiger partial charge in [-0.3, -0.25) is 0 Å². The lowest BCUT2D eigenvalue weighted by Gasteiger charge is -2.14. The quantitative estimate of drug-likeness (QED) is 0.662. The molecule has 0 bridgehead atoms. The summed E-state index contributed by atoms with van der Waals surface area (Å²) < 4.78 is 9.04. The summed E-state index contributed by atoms with van der Waals surface area (Å²) in [4.78, 5) is 23.0. The Balaban J connectivity index is 3.28. The third-order valence-electron chi connectivity index (χ3n) is 2.53. The van der Waals surface area contributed by atoms with Gasteiger partial charge in [-0.1, -0.05) is 34.8 Å². The van der Waals surface area contributed by atoms with Gasteiger partial charge in [-0.2, -0.15) is 0 Å². The van der Waals surface area contributed by atoms with E-state index in [0.717, 1.165) is 6.08 Å². The van der Waals surface area contributed by atoms with E-state index in [-0.39, 0.29) is 21.4 Å². The SMILES string of the molecule is COC(=O)/C=C(/Nc1c(Cl)cc(Cl)c(C)c1Cl)C(=O)OC. The molecule has 0 saturated carbocycles. The smallest absolute Gasteiger partial charge is 0.354 e. The van der Waals surface area contributed by atoms with Gasteiger partial charge in [0.25, 0.3) is 0 Å². The first-order valence-electron chi connectivity index (χ1n) is 5.60. The van der Waals surface area contributed by atoms with E-state index in [9.17, 15) is 9.59 Å². The molecular formula is C13H12Cl3NO4. The van der Waals surface area contributed by atoms with Gasteiger partial charge >= 0.3 is 11.9 Å². The van der Waals surface area contributed by atoms with Crippen molar-refractivity contribution in [2.24, 2.45) is 0 Å². The number of ether oxygens (including phenoxy) is 2. The lowest BCUT2D eigenvalue weighted by atomic mass is 10.2. The number of nitrogens with one attached hydrogen (secondary N) is 1. The summed E-state index contributed by atoms with van der Waals surface area (Å²) in [6.45, 7) is 1.69. The molecule has 8 heteroatoms. The molecule has 5 nitrogen and oxygen atoms in total. The predicted octanol–water partition coefficient (Wildman–Crippen LogP) is 3.60. The molecule has 1 rings (SSSR count). The number of rotatable bonds is 4. The van der Waals surface area contributed by atoms with Crippen LogP contribution in [-0.4, -0.2) is 26.2 Å². The summed E-state index contributed by atoms with van der Waals surface area (Å²) in [5.41, 5.74) is 0.642. The Bertz CT molecular complexity index is 614. The van der Waals surface area contributed by atoms with Crippen molar-refractivity contribution in [3.63, 3.8) is 0 Å². The Morgan fingerprint density at radius 1 is 1.14 bits per heavy atom. The largest absolute Gasteiger partial charge is 0.466 e. The first kappa shape index (κ1) is 17.6. The fourth-order valence-corrected chi connectivity index (χ4v) is 2.23. The highest BCUT2D eigenvalue weighted by Crippen LogP contribution is 2.38. The van der Waals surface area contributed by atoms with Gasteiger partial charge in [0.15, 0.2) is 0 Å². The fraction of sp³-hybridized carbons (Fsp3) is 0.231. The summed E-state index contributed by atoms with van der Waals surface area (Å²) in [5, 5.41) is 3.46. The van der Waals surface area contributed by atoms with Crippen LogP contribution in [0, 0.1) is 6.92 Å². The summed E-state index contributed by atoms with van der Waals surface area (Å²) >= 11 is 18.1. The van der Waals surface area contributed by atoms with Crippen molar-refractivity contribution in [2.75, 3.05) is 19.5 Å². The van der Waals surface area contributed by atoms with Crippen LogP contribution >= 0.6 is 34.8 Å². The van der Waals surface area contributed by atoms with Crippen LogP contribution in [0.5, 0.6) is 0 Å². The van der Waals surface area contributed by atoms with E-state index in [1.807, 2.05) is 0 Å². The topological polar surface area (TPSA) is 64.6 Å². The maximum absolute atomic E-state index is 11.7. The van der Waals surface area contributed by atoms with Gasteiger partial charge in [0, 0.05) is 5.02 Å². The molecule has 0 aromatic heterocycles. The summed E-state index contributed by atoms with van der Waals surface area (Å²) in [5.74, 6) is -1.51. The van der Waals surface area contributed by atoms with Crippen molar-refractivity contribution >= 4 is 52.4 Å². The first-order chi connectivity index (χ1) is 9.81. The van der Waals surface area contributed by atoms with Gasteiger partial charge in [-0.05, 0) is 18.6 Å². The molecule has 114 valence electrons. The molecule has 0 heterocycles. The zero-order valence-electron chi connectivity index (χ0n) is 11.4. The number of halogens is 3. The Morgan fingerprint density at radius 3 is 2.29 bits per heavy atom. The molecule has 1 N–H and O–H groups in total. The number of esters is 2. The maximum atomic E-state index is 11.7. The van der Waals surface area contributed by atoms with E-state index in [2.05, 4.69) is 14.8 Å². The van der Waals surface area contributed by atoms with Gasteiger partial charge in [-0.15, -0.1) is 0 Å². The molecule has 0 aliphatic carbocycles. The molecule has 0 unspecified atom stereocenters. The predicted molar refractivity (Wildman–Crippen MR) is 81.9 cm³/mol. The number of benzene rings is 1. The molecule has 0 radical (unpaired) electrons. The highest BCUT2D eigenvalue weighted by atomic mass is 35.5. The molecule has 1 aromatic rings. The van der Waals surface area contributed by atoms with Crippen molar-refractivity contribution in [1.82, 2.24) is 0 Å². The van der Waals surface area contributed by atoms with Crippen molar-refractivity contribution in [2.45, 2.75) is 6.92 Å². The summed E-state index contributed by atoms with van der Waals surface area (Å²) in [6, 6.07) is 1.47. The van der Waals surface area contributed by atoms with Crippen LogP contribution in [0.2, 0.25) is 15.1 Å². The van der Waals surface area contributed by atoms with E-state index in [4.69, 9.17) is 34.8 Å². The highest BCUT2D eigenvalue weighted by Gasteiger charge is 2.18. The van der Waals surface area contributed by atoms with Crippen LogP contribution in [0.25, 0.3) is 0 Å². The summed E-state index contributed by atoms with van der Waals surface area (Å²) in [6.07, 6.45) is 0.933. The van der Waals surface area contributed by atoms with E-state index in [1.165, 1.54) is 20.3 Å². The van der Waals surface area contributed by atoms with Crippen molar-refractivity contribution in [3.05, 3.63) is 38.5 Å². The molecule has 0 aliphatic heterocycles. The van der Waals surface area contributed by atoms with Crippen molar-refractivity contribution < 1.29 is 19.1 Å². The standard InChI is InChI=1S/C13H12Cl3NO4/c1-6-7(14)4-8(15)12(11(6)16)17-9(13(19)21-3)5-10(18)20-2/h4-5,17H,1-3H3/b9-5+. The van der Waals surface area contributed by atoms with Gasteiger partial charge in [0.1, 0.15) is 5.70 Å². The van der Waals surface area contributed by atoms with Crippen LogP contribution in [-0.2, 0) is 19.1 Å². The van der Waals surface area contributed by atoms with Gasteiger partial charge in [0.2, 0.25) is 0 Å². The Labute approximate surface area is 136 Å². The Morgan fingerprint density at radius 2 is 1.76 bits per heavy atom. The lowest BCUT2D eigenvalue weighted by Crippen LogP contribution is -2.16. The van der Waals surface area contributed by atoms with Gasteiger partial charge in [-0.25, -0.2) is 9.59 Å². The van der Waals surface area contributed by atoms with Crippen molar-refractivity contribution in [1.29, 1.82) is 0 Å². The van der Waals surface area contributed by atoms with Crippen LogP contribution in [0.3, 0.4) is 0 Å². The average molecular weight is 353 g/mol. The molecular weight excluding hydrogens is 341 g/mol. The number of methoxy groups -OCH3 is 2. The second kappa shape index (κ2) is 7.54. The van der Waals surface area contributed by atoms with Crippen LogP contribution in [0.1, 0.15) is 5.56 Å².